The number of anilines is 2. The number of aromatic hydroxyl groups is 1. The summed E-state index contributed by atoms with van der Waals surface area (Å²) in [6.45, 7) is 0. The molecule has 1 saturated carbocycles. The molecule has 2 saturated heterocycles. The molecule has 9 rings (SSSR count). The summed E-state index contributed by atoms with van der Waals surface area (Å²) < 4.78 is 11.9. The van der Waals surface area contributed by atoms with Gasteiger partial charge in [0.2, 0.25) is 23.6 Å². The second-order valence-corrected chi connectivity index (χ2v) is 15.5. The number of carbonyl (C=O) groups is 5. The van der Waals surface area contributed by atoms with E-state index in [0.717, 1.165) is 0 Å². The van der Waals surface area contributed by atoms with Gasteiger partial charge in [0.1, 0.15) is 17.2 Å². The predicted molar refractivity (Wildman–Crippen MR) is 216 cm³/mol. The van der Waals surface area contributed by atoms with Crippen molar-refractivity contribution < 1.29 is 38.6 Å². The van der Waals surface area contributed by atoms with Crippen molar-refractivity contribution in [3.05, 3.63) is 160 Å². The summed E-state index contributed by atoms with van der Waals surface area (Å²) in [6, 6.07) is 33.8. The van der Waals surface area contributed by atoms with Gasteiger partial charge in [-0.2, -0.15) is 0 Å². The number of hydrogen-bond acceptors (Lipinski definition) is 8. The van der Waals surface area contributed by atoms with Gasteiger partial charge in [0.15, 0.2) is 5.78 Å². The van der Waals surface area contributed by atoms with Gasteiger partial charge in [0.05, 0.1) is 48.8 Å². The van der Waals surface area contributed by atoms with Crippen LogP contribution in [-0.2, 0) is 24.6 Å². The molecule has 58 heavy (non-hydrogen) atoms. The van der Waals surface area contributed by atoms with E-state index in [2.05, 4.69) is 0 Å². The SMILES string of the molecule is COc1cc(O)cc(OC)c1[C@H]1C2=CC[C@@H]3C(=O)N(c4ccc(C(=O)c5ccccc5)cc4)C(=O)[C@@H]3[C@@H]2C[C@H]2C(=O)N(c3cccc(Cl)c3)C(=O)[C@@]12c1ccccc1. The molecule has 0 spiro atoms. The average Bonchev–Trinajstić information content (AvgIpc) is 3.64. The number of halogens is 1. The van der Waals surface area contributed by atoms with Crippen LogP contribution in [0.15, 0.2) is 133 Å². The largest absolute Gasteiger partial charge is 0.508 e. The quantitative estimate of drug-likeness (QED) is 0.0964. The van der Waals surface area contributed by atoms with Crippen LogP contribution in [0.25, 0.3) is 0 Å². The zero-order chi connectivity index (χ0) is 40.5. The Hall–Kier alpha value is -6.52. The molecule has 4 aliphatic rings. The Kier molecular flexibility index (Phi) is 9.04. The van der Waals surface area contributed by atoms with Crippen molar-refractivity contribution in [2.75, 3.05) is 24.0 Å². The summed E-state index contributed by atoms with van der Waals surface area (Å²) in [5, 5.41) is 11.1. The number of hydrogen-bond donors (Lipinski definition) is 1. The molecule has 0 radical (unpaired) electrons. The lowest BCUT2D eigenvalue weighted by molar-refractivity contribution is -0.127. The smallest absolute Gasteiger partial charge is 0.246 e. The van der Waals surface area contributed by atoms with Crippen molar-refractivity contribution >= 4 is 52.4 Å². The number of phenolic OH excluding ortho intramolecular Hbond substituents is 1. The van der Waals surface area contributed by atoms with Crippen LogP contribution in [0, 0.1) is 23.7 Å². The van der Waals surface area contributed by atoms with E-state index in [1.807, 2.05) is 42.5 Å². The molecule has 2 aliphatic carbocycles. The van der Waals surface area contributed by atoms with Gasteiger partial charge in [-0.05, 0) is 66.8 Å². The monoisotopic (exact) mass is 792 g/mol. The molecule has 11 heteroatoms. The third-order valence-electron chi connectivity index (χ3n) is 12.4. The summed E-state index contributed by atoms with van der Waals surface area (Å²) in [6.07, 6.45) is 2.22. The number of methoxy groups -OCH3 is 2. The number of fused-ring (bicyclic) bond motifs is 4. The lowest BCUT2D eigenvalue weighted by Gasteiger charge is -2.51. The lowest BCUT2D eigenvalue weighted by Crippen LogP contribution is -2.53. The molecular formula is C47H37ClN2O8. The molecule has 0 bridgehead atoms. The molecule has 6 atom stereocenters. The first-order valence-electron chi connectivity index (χ1n) is 19.0. The van der Waals surface area contributed by atoms with Crippen molar-refractivity contribution in [3.8, 4) is 17.2 Å². The van der Waals surface area contributed by atoms with Crippen LogP contribution in [0.4, 0.5) is 11.4 Å². The first-order valence-corrected chi connectivity index (χ1v) is 19.4. The maximum absolute atomic E-state index is 15.6. The highest BCUT2D eigenvalue weighted by Gasteiger charge is 2.71. The van der Waals surface area contributed by atoms with Crippen LogP contribution >= 0.6 is 11.6 Å². The van der Waals surface area contributed by atoms with Gasteiger partial charge in [-0.15, -0.1) is 0 Å². The van der Waals surface area contributed by atoms with E-state index in [4.69, 9.17) is 21.1 Å². The molecule has 4 amide bonds. The fourth-order valence-corrected chi connectivity index (χ4v) is 10.2. The number of rotatable bonds is 8. The van der Waals surface area contributed by atoms with Crippen LogP contribution in [0.3, 0.4) is 0 Å². The number of ether oxygens (including phenoxy) is 2. The molecule has 290 valence electrons. The third kappa shape index (κ3) is 5.42. The molecule has 0 aromatic heterocycles. The van der Waals surface area contributed by atoms with Crippen LogP contribution in [-0.4, -0.2) is 48.7 Å². The molecular weight excluding hydrogens is 756 g/mol. The maximum atomic E-state index is 15.6. The number of imide groups is 2. The highest BCUT2D eigenvalue weighted by molar-refractivity contribution is 6.32. The highest BCUT2D eigenvalue weighted by atomic mass is 35.5. The zero-order valence-corrected chi connectivity index (χ0v) is 32.3. The summed E-state index contributed by atoms with van der Waals surface area (Å²) in [5.74, 6) is -5.87. The van der Waals surface area contributed by atoms with Gasteiger partial charge in [0, 0.05) is 39.8 Å². The summed E-state index contributed by atoms with van der Waals surface area (Å²) in [4.78, 5) is 75.5. The molecule has 10 nitrogen and oxygen atoms in total. The topological polar surface area (TPSA) is 131 Å². The minimum Gasteiger partial charge on any atom is -0.508 e. The molecule has 2 aliphatic heterocycles. The molecule has 5 aromatic rings. The van der Waals surface area contributed by atoms with Gasteiger partial charge in [-0.25, -0.2) is 4.90 Å². The van der Waals surface area contributed by atoms with Crippen LogP contribution in [0.1, 0.15) is 45.8 Å². The Morgan fingerprint density at radius 3 is 1.98 bits per heavy atom. The molecule has 0 unspecified atom stereocenters. The second-order valence-electron chi connectivity index (χ2n) is 15.1. The maximum Gasteiger partial charge on any atom is 0.246 e. The van der Waals surface area contributed by atoms with Gasteiger partial charge >= 0.3 is 0 Å². The Morgan fingerprint density at radius 2 is 1.34 bits per heavy atom. The van der Waals surface area contributed by atoms with Gasteiger partial charge in [0.25, 0.3) is 0 Å². The van der Waals surface area contributed by atoms with Gasteiger partial charge in [-0.3, -0.25) is 28.9 Å². The Labute approximate surface area is 339 Å². The standard InChI is InChI=1S/C47H37ClN2O8/c1-57-37-23-32(51)24-38(58-2)40(37)41-33-20-21-34-39(45(55)49(43(34)53)30-18-16-27(17-19-30)42(52)26-10-5-3-6-11-26)35(33)25-36-44(54)50(31-15-9-14-29(48)22-31)46(56)47(36,41)28-12-7-4-8-13-28/h3-20,22-24,34-36,39,41,51H,21,25H2,1-2H3/t34-,35+,36-,39-,41+,47+/m0/s1. The summed E-state index contributed by atoms with van der Waals surface area (Å²) >= 11 is 6.44. The van der Waals surface area contributed by atoms with E-state index in [-0.39, 0.29) is 41.8 Å². The van der Waals surface area contributed by atoms with E-state index in [1.165, 1.54) is 36.2 Å². The molecule has 3 fully saturated rings. The van der Waals surface area contributed by atoms with Crippen molar-refractivity contribution in [2.45, 2.75) is 24.2 Å². The fourth-order valence-electron chi connectivity index (χ4n) is 10.0. The molecule has 2 heterocycles. The number of amides is 4. The van der Waals surface area contributed by atoms with Crippen molar-refractivity contribution in [1.82, 2.24) is 0 Å². The second kappa shape index (κ2) is 14.1. The zero-order valence-electron chi connectivity index (χ0n) is 31.5. The minimum atomic E-state index is -1.58. The number of ketones is 1. The molecule has 1 N–H and O–H groups in total. The van der Waals surface area contributed by atoms with Crippen molar-refractivity contribution in [1.29, 1.82) is 0 Å². The Morgan fingerprint density at radius 1 is 0.707 bits per heavy atom. The van der Waals surface area contributed by atoms with Gasteiger partial charge in [-0.1, -0.05) is 90.0 Å². The summed E-state index contributed by atoms with van der Waals surface area (Å²) in [7, 11) is 2.90. The van der Waals surface area contributed by atoms with E-state index < -0.39 is 52.7 Å². The minimum absolute atomic E-state index is 0.0835. The number of carbonyl (C=O) groups excluding carboxylic acids is 5. The first-order chi connectivity index (χ1) is 28.1. The number of phenols is 1. The molecule has 5 aromatic carbocycles. The van der Waals surface area contributed by atoms with Crippen LogP contribution in [0.5, 0.6) is 17.2 Å². The van der Waals surface area contributed by atoms with Gasteiger partial charge < -0.3 is 14.6 Å². The number of benzene rings is 5. The highest BCUT2D eigenvalue weighted by Crippen LogP contribution is 2.66. The third-order valence-corrected chi connectivity index (χ3v) is 12.6. The Balaban J connectivity index is 1.21. The van der Waals surface area contributed by atoms with E-state index in [9.17, 15) is 19.5 Å². The van der Waals surface area contributed by atoms with E-state index in [0.29, 0.717) is 44.2 Å². The Bertz CT molecular complexity index is 2530. The predicted octanol–water partition coefficient (Wildman–Crippen LogP) is 7.66. The van der Waals surface area contributed by atoms with Crippen LogP contribution < -0.4 is 19.3 Å². The number of nitrogens with zero attached hydrogens (tertiary/aromatic N) is 2. The lowest BCUT2D eigenvalue weighted by atomic mass is 9.49. The van der Waals surface area contributed by atoms with Crippen LogP contribution in [0.2, 0.25) is 5.02 Å². The van der Waals surface area contributed by atoms with E-state index >= 15 is 9.59 Å². The fraction of sp³-hybridized carbons (Fsp3) is 0.213. The average molecular weight is 793 g/mol. The van der Waals surface area contributed by atoms with Crippen molar-refractivity contribution in [2.24, 2.45) is 23.7 Å². The first kappa shape index (κ1) is 37.1. The van der Waals surface area contributed by atoms with Crippen molar-refractivity contribution in [3.63, 3.8) is 0 Å². The summed E-state index contributed by atoms with van der Waals surface area (Å²) in [5.41, 5.74) is 1.68. The normalized spacial score (nSPS) is 24.9. The number of allylic oxidation sites excluding steroid dienone is 2. The van der Waals surface area contributed by atoms with E-state index in [1.54, 1.807) is 72.8 Å².